The van der Waals surface area contributed by atoms with Crippen LogP contribution in [-0.2, 0) is 0 Å². The van der Waals surface area contributed by atoms with Crippen molar-refractivity contribution in [3.05, 3.63) is 78.4 Å². The van der Waals surface area contributed by atoms with E-state index in [1.54, 1.807) is 12.4 Å². The van der Waals surface area contributed by atoms with Gasteiger partial charge in [-0.25, -0.2) is 9.97 Å². The molecule has 0 N–H and O–H groups in total. The number of para-hydroxylation sites is 1. The summed E-state index contributed by atoms with van der Waals surface area (Å²) in [5.74, 6) is 0.0793. The lowest BCUT2D eigenvalue weighted by Crippen LogP contribution is -2.54. The van der Waals surface area contributed by atoms with Crippen LogP contribution in [0.3, 0.4) is 0 Å². The summed E-state index contributed by atoms with van der Waals surface area (Å²) >= 11 is 0. The first-order valence-electron chi connectivity index (χ1n) is 9.60. The highest BCUT2D eigenvalue weighted by molar-refractivity contribution is 5.95. The number of aromatic nitrogens is 2. The molecule has 2 aromatic carbocycles. The first kappa shape index (κ1) is 18.2. The van der Waals surface area contributed by atoms with Crippen molar-refractivity contribution < 1.29 is 4.79 Å². The molecule has 1 saturated heterocycles. The van der Waals surface area contributed by atoms with Gasteiger partial charge in [-0.1, -0.05) is 30.3 Å². The Morgan fingerprint density at radius 1 is 1.00 bits per heavy atom. The Balaban J connectivity index is 1.51. The van der Waals surface area contributed by atoms with Crippen molar-refractivity contribution in [1.82, 2.24) is 14.9 Å². The number of aryl methyl sites for hydroxylation is 1. The number of anilines is 1. The number of carbonyl (C=O) groups is 1. The van der Waals surface area contributed by atoms with Gasteiger partial charge in [0.2, 0.25) is 0 Å². The number of piperazine rings is 1. The Bertz CT molecular complexity index is 973. The second-order valence-corrected chi connectivity index (χ2v) is 7.29. The molecule has 1 atom stereocenters. The highest BCUT2D eigenvalue weighted by Gasteiger charge is 2.28. The lowest BCUT2D eigenvalue weighted by molar-refractivity contribution is 0.0674. The molecule has 3 aromatic rings. The van der Waals surface area contributed by atoms with Crippen molar-refractivity contribution in [3.8, 4) is 11.1 Å². The van der Waals surface area contributed by atoms with E-state index in [0.717, 1.165) is 24.2 Å². The molecule has 142 valence electrons. The lowest BCUT2D eigenvalue weighted by atomic mass is 10.0. The van der Waals surface area contributed by atoms with Crippen molar-refractivity contribution >= 4 is 11.6 Å². The van der Waals surface area contributed by atoms with Crippen LogP contribution in [0.15, 0.2) is 67.3 Å². The predicted octanol–water partition coefficient (Wildman–Crippen LogP) is 3.80. The molecule has 0 radical (unpaired) electrons. The SMILES string of the molecule is Cc1ccccc1N1CCN(C(=O)c2cccc(-c3cncnc3)c2)[C@@H](C)C1. The Morgan fingerprint density at radius 2 is 1.79 bits per heavy atom. The fourth-order valence-corrected chi connectivity index (χ4v) is 3.84. The number of carbonyl (C=O) groups excluding carboxylic acids is 1. The Hall–Kier alpha value is -3.21. The highest BCUT2D eigenvalue weighted by Crippen LogP contribution is 2.25. The first-order valence-corrected chi connectivity index (χ1v) is 9.60. The molecule has 0 bridgehead atoms. The fraction of sp³-hybridized carbons (Fsp3) is 0.261. The van der Waals surface area contributed by atoms with E-state index in [2.05, 4.69) is 53.0 Å². The third kappa shape index (κ3) is 3.60. The summed E-state index contributed by atoms with van der Waals surface area (Å²) in [6, 6.07) is 16.3. The Morgan fingerprint density at radius 3 is 2.54 bits per heavy atom. The van der Waals surface area contributed by atoms with Gasteiger partial charge in [0.25, 0.3) is 5.91 Å². The Labute approximate surface area is 165 Å². The van der Waals surface area contributed by atoms with Crippen molar-refractivity contribution in [3.63, 3.8) is 0 Å². The molecule has 0 unspecified atom stereocenters. The molecular formula is C23H24N4O. The summed E-state index contributed by atoms with van der Waals surface area (Å²) in [6.07, 6.45) is 5.04. The molecule has 1 aliphatic heterocycles. The number of benzene rings is 2. The number of nitrogens with zero attached hydrogens (tertiary/aromatic N) is 4. The second kappa shape index (κ2) is 7.80. The van der Waals surface area contributed by atoms with E-state index in [1.807, 2.05) is 29.2 Å². The highest BCUT2D eigenvalue weighted by atomic mass is 16.2. The molecule has 5 nitrogen and oxygen atoms in total. The van der Waals surface area contributed by atoms with Crippen LogP contribution in [0.5, 0.6) is 0 Å². The van der Waals surface area contributed by atoms with Crippen LogP contribution in [-0.4, -0.2) is 46.5 Å². The molecule has 5 heteroatoms. The molecule has 0 spiro atoms. The molecule has 28 heavy (non-hydrogen) atoms. The van der Waals surface area contributed by atoms with Gasteiger partial charge in [-0.05, 0) is 43.2 Å². The van der Waals surface area contributed by atoms with Crippen LogP contribution < -0.4 is 4.90 Å². The zero-order chi connectivity index (χ0) is 19.5. The quantitative estimate of drug-likeness (QED) is 0.702. The van der Waals surface area contributed by atoms with Crippen molar-refractivity contribution in [2.24, 2.45) is 0 Å². The first-order chi connectivity index (χ1) is 13.6. The molecule has 4 rings (SSSR count). The van der Waals surface area contributed by atoms with Gasteiger partial charge in [0.1, 0.15) is 6.33 Å². The van der Waals surface area contributed by atoms with E-state index >= 15 is 0 Å². The average molecular weight is 372 g/mol. The number of hydrogen-bond acceptors (Lipinski definition) is 4. The molecule has 2 heterocycles. The van der Waals surface area contributed by atoms with Crippen molar-refractivity contribution in [2.75, 3.05) is 24.5 Å². The van der Waals surface area contributed by atoms with Gasteiger partial charge in [-0.2, -0.15) is 0 Å². The number of amides is 1. The van der Waals surface area contributed by atoms with E-state index in [9.17, 15) is 4.79 Å². The van der Waals surface area contributed by atoms with E-state index in [-0.39, 0.29) is 11.9 Å². The smallest absolute Gasteiger partial charge is 0.254 e. The average Bonchev–Trinajstić information content (AvgIpc) is 2.74. The van der Waals surface area contributed by atoms with Crippen LogP contribution in [0.2, 0.25) is 0 Å². The normalized spacial score (nSPS) is 16.9. The maximum absolute atomic E-state index is 13.2. The van der Waals surface area contributed by atoms with Gasteiger partial charge in [0.05, 0.1) is 0 Å². The second-order valence-electron chi connectivity index (χ2n) is 7.29. The molecular weight excluding hydrogens is 348 g/mol. The van der Waals surface area contributed by atoms with Gasteiger partial charge < -0.3 is 9.80 Å². The van der Waals surface area contributed by atoms with E-state index < -0.39 is 0 Å². The summed E-state index contributed by atoms with van der Waals surface area (Å²) < 4.78 is 0. The molecule has 1 aromatic heterocycles. The minimum Gasteiger partial charge on any atom is -0.367 e. The van der Waals surface area contributed by atoms with Crippen molar-refractivity contribution in [1.29, 1.82) is 0 Å². The van der Waals surface area contributed by atoms with E-state index in [4.69, 9.17) is 0 Å². The third-order valence-corrected chi connectivity index (χ3v) is 5.35. The number of rotatable bonds is 3. The molecule has 1 amide bonds. The largest absolute Gasteiger partial charge is 0.367 e. The van der Waals surface area contributed by atoms with Crippen LogP contribution in [0, 0.1) is 6.92 Å². The zero-order valence-corrected chi connectivity index (χ0v) is 16.2. The monoisotopic (exact) mass is 372 g/mol. The third-order valence-electron chi connectivity index (χ3n) is 5.35. The minimum atomic E-state index is 0.0793. The summed E-state index contributed by atoms with van der Waals surface area (Å²) in [7, 11) is 0. The Kier molecular flexibility index (Phi) is 5.06. The van der Waals surface area contributed by atoms with E-state index in [0.29, 0.717) is 12.1 Å². The summed E-state index contributed by atoms with van der Waals surface area (Å²) in [5, 5.41) is 0. The van der Waals surface area contributed by atoms with Gasteiger partial charge in [0.15, 0.2) is 0 Å². The van der Waals surface area contributed by atoms with E-state index in [1.165, 1.54) is 17.6 Å². The molecule has 0 saturated carbocycles. The van der Waals surface area contributed by atoms with Crippen LogP contribution in [0.1, 0.15) is 22.8 Å². The van der Waals surface area contributed by atoms with Crippen LogP contribution >= 0.6 is 0 Å². The van der Waals surface area contributed by atoms with Gasteiger partial charge in [-0.15, -0.1) is 0 Å². The predicted molar refractivity (Wildman–Crippen MR) is 111 cm³/mol. The van der Waals surface area contributed by atoms with Gasteiger partial charge in [-0.3, -0.25) is 4.79 Å². The summed E-state index contributed by atoms with van der Waals surface area (Å²) in [5.41, 5.74) is 5.10. The van der Waals surface area contributed by atoms with Crippen LogP contribution in [0.25, 0.3) is 11.1 Å². The summed E-state index contributed by atoms with van der Waals surface area (Å²) in [4.78, 5) is 25.7. The molecule has 0 aliphatic carbocycles. The van der Waals surface area contributed by atoms with Gasteiger partial charge in [0, 0.05) is 54.9 Å². The summed E-state index contributed by atoms with van der Waals surface area (Å²) in [6.45, 7) is 6.65. The maximum atomic E-state index is 13.2. The van der Waals surface area contributed by atoms with Crippen LogP contribution in [0.4, 0.5) is 5.69 Å². The zero-order valence-electron chi connectivity index (χ0n) is 16.2. The van der Waals surface area contributed by atoms with Crippen molar-refractivity contribution in [2.45, 2.75) is 19.9 Å². The topological polar surface area (TPSA) is 49.3 Å². The molecule has 1 aliphatic rings. The maximum Gasteiger partial charge on any atom is 0.254 e. The minimum absolute atomic E-state index is 0.0793. The van der Waals surface area contributed by atoms with Gasteiger partial charge >= 0.3 is 0 Å². The molecule has 1 fully saturated rings. The fourth-order valence-electron chi connectivity index (χ4n) is 3.84. The number of hydrogen-bond donors (Lipinski definition) is 0. The lowest BCUT2D eigenvalue weighted by Gasteiger charge is -2.41. The standard InChI is InChI=1S/C23H24N4O/c1-17-6-3-4-9-22(17)26-10-11-27(18(2)15-26)23(28)20-8-5-7-19(12-20)21-13-24-16-25-14-21/h3-9,12-14,16,18H,10-11,15H2,1-2H3/t18-/m0/s1.